The normalized spacial score (nSPS) is 14.2. The first-order valence-electron chi connectivity index (χ1n) is 9.34. The monoisotopic (exact) mass is 356 g/mol. The predicted octanol–water partition coefficient (Wildman–Crippen LogP) is 4.86. The number of para-hydroxylation sites is 1. The van der Waals surface area contributed by atoms with Crippen LogP contribution in [-0.4, -0.2) is 28.2 Å². The first kappa shape index (κ1) is 16.0. The van der Waals surface area contributed by atoms with Crippen LogP contribution in [0.5, 0.6) is 0 Å². The summed E-state index contributed by atoms with van der Waals surface area (Å²) in [4.78, 5) is 11.9. The maximum atomic E-state index is 5.65. The Morgan fingerprint density at radius 1 is 0.926 bits per heavy atom. The fourth-order valence-corrected chi connectivity index (χ4v) is 3.60. The smallest absolute Gasteiger partial charge is 0.259 e. The van der Waals surface area contributed by atoms with Crippen LogP contribution in [0, 0.1) is 6.92 Å². The Kier molecular flexibility index (Phi) is 3.85. The summed E-state index contributed by atoms with van der Waals surface area (Å²) in [7, 11) is 0. The van der Waals surface area contributed by atoms with E-state index in [-0.39, 0.29) is 0 Å². The van der Waals surface area contributed by atoms with E-state index in [1.807, 2.05) is 30.3 Å². The van der Waals surface area contributed by atoms with Crippen LogP contribution in [0.2, 0.25) is 0 Å². The third-order valence-electron chi connectivity index (χ3n) is 5.10. The summed E-state index contributed by atoms with van der Waals surface area (Å²) in [5.41, 5.74) is 4.05. The van der Waals surface area contributed by atoms with Gasteiger partial charge in [-0.2, -0.15) is 4.98 Å². The molecule has 0 atom stereocenters. The first-order chi connectivity index (χ1) is 13.3. The van der Waals surface area contributed by atoms with Gasteiger partial charge in [0.05, 0.1) is 11.1 Å². The Morgan fingerprint density at radius 2 is 1.70 bits per heavy atom. The van der Waals surface area contributed by atoms with Crippen LogP contribution < -0.4 is 4.90 Å². The van der Waals surface area contributed by atoms with E-state index in [1.165, 1.54) is 18.4 Å². The minimum atomic E-state index is 0.532. The molecule has 134 valence electrons. The summed E-state index contributed by atoms with van der Waals surface area (Å²) >= 11 is 0. The molecular weight excluding hydrogens is 336 g/mol. The number of benzene rings is 2. The van der Waals surface area contributed by atoms with Gasteiger partial charge in [0, 0.05) is 24.0 Å². The lowest BCUT2D eigenvalue weighted by Gasteiger charge is -2.17. The molecule has 1 saturated heterocycles. The molecule has 0 amide bonds. The molecule has 27 heavy (non-hydrogen) atoms. The number of hydrogen-bond donors (Lipinski definition) is 0. The van der Waals surface area contributed by atoms with Crippen LogP contribution in [-0.2, 0) is 0 Å². The van der Waals surface area contributed by atoms with Crippen molar-refractivity contribution in [2.75, 3.05) is 18.0 Å². The van der Waals surface area contributed by atoms with Gasteiger partial charge in [-0.3, -0.25) is 0 Å². The molecule has 0 unspecified atom stereocenters. The summed E-state index contributed by atoms with van der Waals surface area (Å²) in [5, 5.41) is 5.23. The number of fused-ring (bicyclic) bond motifs is 1. The highest BCUT2D eigenvalue weighted by Crippen LogP contribution is 2.32. The summed E-state index contributed by atoms with van der Waals surface area (Å²) < 4.78 is 5.65. The highest BCUT2D eigenvalue weighted by Gasteiger charge is 2.19. The van der Waals surface area contributed by atoms with Crippen molar-refractivity contribution in [2.45, 2.75) is 19.8 Å². The summed E-state index contributed by atoms with van der Waals surface area (Å²) in [6.07, 6.45) is 2.42. The summed E-state index contributed by atoms with van der Waals surface area (Å²) in [6, 6.07) is 18.3. The zero-order chi connectivity index (χ0) is 18.2. The van der Waals surface area contributed by atoms with Crippen molar-refractivity contribution < 1.29 is 4.52 Å². The molecule has 0 aliphatic carbocycles. The second-order valence-corrected chi connectivity index (χ2v) is 7.03. The molecule has 5 heteroatoms. The Balaban J connectivity index is 1.62. The molecule has 5 nitrogen and oxygen atoms in total. The number of aromatic nitrogens is 3. The SMILES string of the molecule is Cc1ccc(-c2noc(-c3cc(N4CCCC4)nc4ccccc34)n2)cc1. The molecule has 1 aliphatic rings. The van der Waals surface area contributed by atoms with Crippen molar-refractivity contribution in [3.63, 3.8) is 0 Å². The van der Waals surface area contributed by atoms with E-state index < -0.39 is 0 Å². The lowest BCUT2D eigenvalue weighted by Crippen LogP contribution is -2.19. The number of anilines is 1. The predicted molar refractivity (Wildman–Crippen MR) is 107 cm³/mol. The number of pyridine rings is 1. The van der Waals surface area contributed by atoms with E-state index in [4.69, 9.17) is 9.51 Å². The fourth-order valence-electron chi connectivity index (χ4n) is 3.60. The minimum absolute atomic E-state index is 0.532. The zero-order valence-electron chi connectivity index (χ0n) is 15.2. The van der Waals surface area contributed by atoms with Gasteiger partial charge in [-0.25, -0.2) is 4.98 Å². The molecule has 1 fully saturated rings. The van der Waals surface area contributed by atoms with E-state index >= 15 is 0 Å². The van der Waals surface area contributed by atoms with Crippen molar-refractivity contribution in [1.29, 1.82) is 0 Å². The lowest BCUT2D eigenvalue weighted by atomic mass is 10.1. The maximum absolute atomic E-state index is 5.65. The van der Waals surface area contributed by atoms with Gasteiger partial charge >= 0.3 is 0 Å². The van der Waals surface area contributed by atoms with E-state index in [0.717, 1.165) is 40.9 Å². The second kappa shape index (κ2) is 6.50. The molecule has 0 saturated carbocycles. The fraction of sp³-hybridized carbons (Fsp3) is 0.227. The molecule has 0 radical (unpaired) electrons. The van der Waals surface area contributed by atoms with Crippen LogP contribution in [0.15, 0.2) is 59.1 Å². The quantitative estimate of drug-likeness (QED) is 0.525. The largest absolute Gasteiger partial charge is 0.357 e. The highest BCUT2D eigenvalue weighted by atomic mass is 16.5. The number of hydrogen-bond acceptors (Lipinski definition) is 5. The number of aryl methyl sites for hydroxylation is 1. The van der Waals surface area contributed by atoms with E-state index in [9.17, 15) is 0 Å². The van der Waals surface area contributed by atoms with Crippen molar-refractivity contribution in [3.05, 3.63) is 60.2 Å². The van der Waals surface area contributed by atoms with Gasteiger partial charge in [0.25, 0.3) is 5.89 Å². The Morgan fingerprint density at radius 3 is 2.52 bits per heavy atom. The molecule has 0 bridgehead atoms. The Labute approximate surface area is 157 Å². The van der Waals surface area contributed by atoms with Gasteiger partial charge in [0.1, 0.15) is 5.82 Å². The van der Waals surface area contributed by atoms with Gasteiger partial charge in [0.2, 0.25) is 5.82 Å². The van der Waals surface area contributed by atoms with Crippen LogP contribution >= 0.6 is 0 Å². The Hall–Kier alpha value is -3.21. The van der Waals surface area contributed by atoms with Gasteiger partial charge in [0.15, 0.2) is 0 Å². The maximum Gasteiger partial charge on any atom is 0.259 e. The minimum Gasteiger partial charge on any atom is -0.357 e. The second-order valence-electron chi connectivity index (χ2n) is 7.03. The Bertz CT molecular complexity index is 1090. The average molecular weight is 356 g/mol. The van der Waals surface area contributed by atoms with Gasteiger partial charge in [-0.15, -0.1) is 0 Å². The standard InChI is InChI=1S/C22H20N4O/c1-15-8-10-16(11-9-15)21-24-22(27-25-21)18-14-20(26-12-4-5-13-26)23-19-7-3-2-6-17(18)19/h2-3,6-11,14H,4-5,12-13H2,1H3. The summed E-state index contributed by atoms with van der Waals surface area (Å²) in [5.74, 6) is 2.12. The van der Waals surface area contributed by atoms with Crippen molar-refractivity contribution in [2.24, 2.45) is 0 Å². The van der Waals surface area contributed by atoms with E-state index in [0.29, 0.717) is 11.7 Å². The van der Waals surface area contributed by atoms with Gasteiger partial charge < -0.3 is 9.42 Å². The highest BCUT2D eigenvalue weighted by molar-refractivity contribution is 5.94. The first-order valence-corrected chi connectivity index (χ1v) is 9.34. The molecule has 0 spiro atoms. The van der Waals surface area contributed by atoms with Gasteiger partial charge in [-0.1, -0.05) is 53.2 Å². The number of nitrogens with zero attached hydrogens (tertiary/aromatic N) is 4. The van der Waals surface area contributed by atoms with Crippen LogP contribution in [0.4, 0.5) is 5.82 Å². The lowest BCUT2D eigenvalue weighted by molar-refractivity contribution is 0.432. The topological polar surface area (TPSA) is 55.1 Å². The third-order valence-corrected chi connectivity index (χ3v) is 5.10. The molecule has 0 N–H and O–H groups in total. The molecule has 1 aliphatic heterocycles. The molecule has 4 aromatic rings. The zero-order valence-corrected chi connectivity index (χ0v) is 15.2. The molecular formula is C22H20N4O. The van der Waals surface area contributed by atoms with Gasteiger partial charge in [-0.05, 0) is 31.9 Å². The van der Waals surface area contributed by atoms with E-state index in [1.54, 1.807) is 0 Å². The molecule has 2 aromatic heterocycles. The average Bonchev–Trinajstić information content (AvgIpc) is 3.40. The van der Waals surface area contributed by atoms with Crippen LogP contribution in [0.3, 0.4) is 0 Å². The molecule has 5 rings (SSSR count). The van der Waals surface area contributed by atoms with Crippen molar-refractivity contribution in [3.8, 4) is 22.8 Å². The van der Waals surface area contributed by atoms with Crippen molar-refractivity contribution >= 4 is 16.7 Å². The van der Waals surface area contributed by atoms with Crippen LogP contribution in [0.25, 0.3) is 33.7 Å². The number of rotatable bonds is 3. The molecule has 3 heterocycles. The van der Waals surface area contributed by atoms with Crippen LogP contribution in [0.1, 0.15) is 18.4 Å². The van der Waals surface area contributed by atoms with Crippen molar-refractivity contribution in [1.82, 2.24) is 15.1 Å². The molecule has 2 aromatic carbocycles. The summed E-state index contributed by atoms with van der Waals surface area (Å²) in [6.45, 7) is 4.15. The van der Waals surface area contributed by atoms with E-state index in [2.05, 4.69) is 46.2 Å². The third kappa shape index (κ3) is 2.95.